The summed E-state index contributed by atoms with van der Waals surface area (Å²) in [4.78, 5) is 28.7. The first-order chi connectivity index (χ1) is 15.4. The van der Waals surface area contributed by atoms with Crippen LogP contribution >= 0.6 is 11.6 Å². The topological polar surface area (TPSA) is 96.0 Å². The van der Waals surface area contributed by atoms with Gasteiger partial charge in [-0.25, -0.2) is 4.79 Å². The van der Waals surface area contributed by atoms with Crippen molar-refractivity contribution in [3.63, 3.8) is 0 Å². The lowest BCUT2D eigenvalue weighted by atomic mass is 9.83. The van der Waals surface area contributed by atoms with Crippen molar-refractivity contribution in [3.8, 4) is 5.75 Å². The number of carbonyl (C=O) groups is 1. The molecule has 1 aromatic heterocycles. The fraction of sp³-hybridized carbons (Fsp3) is 0.391. The summed E-state index contributed by atoms with van der Waals surface area (Å²) in [6.45, 7) is 6.10. The highest BCUT2D eigenvalue weighted by Crippen LogP contribution is 2.43. The molecule has 0 saturated carbocycles. The van der Waals surface area contributed by atoms with Crippen LogP contribution in [0.3, 0.4) is 0 Å². The van der Waals surface area contributed by atoms with Gasteiger partial charge in [0.05, 0.1) is 31.8 Å². The molecule has 2 aromatic rings. The van der Waals surface area contributed by atoms with E-state index in [9.17, 15) is 9.59 Å². The van der Waals surface area contributed by atoms with Crippen LogP contribution in [0.5, 0.6) is 5.75 Å². The number of nitrogens with two attached hydrogens (primary N) is 1. The number of morpholine rings is 1. The molecule has 0 bridgehead atoms. The van der Waals surface area contributed by atoms with Gasteiger partial charge in [0.2, 0.25) is 5.88 Å². The number of hydrogen-bond acceptors (Lipinski definition) is 7. The molecule has 2 aliphatic heterocycles. The van der Waals surface area contributed by atoms with Gasteiger partial charge in [-0.15, -0.1) is 0 Å². The predicted octanol–water partition coefficient (Wildman–Crippen LogP) is 2.01. The van der Waals surface area contributed by atoms with E-state index in [0.717, 1.165) is 18.8 Å². The third-order valence-corrected chi connectivity index (χ3v) is 6.28. The summed E-state index contributed by atoms with van der Waals surface area (Å²) in [6, 6.07) is 8.85. The Bertz CT molecular complexity index is 1120. The lowest BCUT2D eigenvalue weighted by molar-refractivity contribution is -0.136. The molecule has 1 saturated heterocycles. The van der Waals surface area contributed by atoms with E-state index in [2.05, 4.69) is 4.90 Å². The number of pyridine rings is 1. The maximum atomic E-state index is 13.7. The van der Waals surface area contributed by atoms with Crippen LogP contribution in [0.4, 0.5) is 0 Å². The fourth-order valence-corrected chi connectivity index (χ4v) is 4.50. The van der Waals surface area contributed by atoms with Gasteiger partial charge in [-0.3, -0.25) is 9.69 Å². The highest BCUT2D eigenvalue weighted by Gasteiger charge is 2.39. The van der Waals surface area contributed by atoms with E-state index < -0.39 is 11.9 Å². The molecular formula is C23H26ClN3O5. The van der Waals surface area contributed by atoms with Gasteiger partial charge in [-0.05, 0) is 18.6 Å². The van der Waals surface area contributed by atoms with E-state index in [4.69, 9.17) is 31.5 Å². The first-order valence-corrected chi connectivity index (χ1v) is 10.8. The number of rotatable bonds is 5. The number of esters is 1. The summed E-state index contributed by atoms with van der Waals surface area (Å²) >= 11 is 6.49. The van der Waals surface area contributed by atoms with Crippen molar-refractivity contribution >= 4 is 17.6 Å². The van der Waals surface area contributed by atoms with Crippen molar-refractivity contribution in [1.29, 1.82) is 0 Å². The van der Waals surface area contributed by atoms with Gasteiger partial charge in [0, 0.05) is 43.0 Å². The number of halogens is 1. The Morgan fingerprint density at radius 2 is 1.97 bits per heavy atom. The first-order valence-electron chi connectivity index (χ1n) is 10.5. The van der Waals surface area contributed by atoms with Crippen LogP contribution < -0.4 is 16.0 Å². The van der Waals surface area contributed by atoms with E-state index in [1.54, 1.807) is 34.9 Å². The van der Waals surface area contributed by atoms with E-state index in [1.165, 1.54) is 7.11 Å². The normalized spacial score (nSPS) is 18.8. The minimum absolute atomic E-state index is 0.0637. The number of carbonyl (C=O) groups excluding carboxylic acids is 1. The minimum Gasteiger partial charge on any atom is -0.465 e. The molecular weight excluding hydrogens is 434 g/mol. The molecule has 0 aliphatic carbocycles. The Labute approximate surface area is 191 Å². The van der Waals surface area contributed by atoms with Crippen molar-refractivity contribution in [2.45, 2.75) is 19.4 Å². The summed E-state index contributed by atoms with van der Waals surface area (Å²) in [5.74, 6) is -1.25. The zero-order chi connectivity index (χ0) is 22.8. The highest BCUT2D eigenvalue weighted by molar-refractivity contribution is 6.31. The Kier molecular flexibility index (Phi) is 6.55. The van der Waals surface area contributed by atoms with Gasteiger partial charge in [-0.1, -0.05) is 29.8 Å². The van der Waals surface area contributed by atoms with Gasteiger partial charge in [0.25, 0.3) is 5.56 Å². The SMILES string of the molecule is COC(=O)C1=C(N)Oc2cc(C)n(CCN3CCOCC3)c(=O)c2[C@H]1c1ccccc1Cl. The smallest absolute Gasteiger partial charge is 0.340 e. The molecule has 0 amide bonds. The average Bonchev–Trinajstić information content (AvgIpc) is 2.78. The van der Waals surface area contributed by atoms with Gasteiger partial charge >= 0.3 is 5.97 Å². The van der Waals surface area contributed by atoms with Crippen molar-refractivity contribution in [2.24, 2.45) is 5.73 Å². The minimum atomic E-state index is -0.803. The predicted molar refractivity (Wildman–Crippen MR) is 120 cm³/mol. The molecule has 9 heteroatoms. The largest absolute Gasteiger partial charge is 0.465 e. The number of fused-ring (bicyclic) bond motifs is 1. The Morgan fingerprint density at radius 3 is 2.66 bits per heavy atom. The Morgan fingerprint density at radius 1 is 1.25 bits per heavy atom. The van der Waals surface area contributed by atoms with Gasteiger partial charge in [0.15, 0.2) is 0 Å². The zero-order valence-electron chi connectivity index (χ0n) is 18.1. The van der Waals surface area contributed by atoms with Gasteiger partial charge in [0.1, 0.15) is 11.3 Å². The van der Waals surface area contributed by atoms with E-state index in [0.29, 0.717) is 48.2 Å². The third kappa shape index (κ3) is 4.13. The van der Waals surface area contributed by atoms with Crippen molar-refractivity contribution < 1.29 is 19.0 Å². The van der Waals surface area contributed by atoms with Crippen LogP contribution in [0.2, 0.25) is 5.02 Å². The summed E-state index contributed by atoms with van der Waals surface area (Å²) < 4.78 is 17.8. The molecule has 1 aromatic carbocycles. The average molecular weight is 460 g/mol. The summed E-state index contributed by atoms with van der Waals surface area (Å²) in [6.07, 6.45) is 0. The second kappa shape index (κ2) is 9.36. The third-order valence-electron chi connectivity index (χ3n) is 5.93. The number of aromatic nitrogens is 1. The van der Waals surface area contributed by atoms with Gasteiger partial charge < -0.3 is 24.5 Å². The molecule has 1 atom stereocenters. The summed E-state index contributed by atoms with van der Waals surface area (Å²) in [7, 11) is 1.26. The van der Waals surface area contributed by atoms with Crippen LogP contribution in [0, 0.1) is 6.92 Å². The van der Waals surface area contributed by atoms with E-state index >= 15 is 0 Å². The maximum absolute atomic E-state index is 13.7. The van der Waals surface area contributed by atoms with Crippen molar-refractivity contribution in [2.75, 3.05) is 40.0 Å². The summed E-state index contributed by atoms with van der Waals surface area (Å²) in [5, 5.41) is 0.416. The molecule has 170 valence electrons. The van der Waals surface area contributed by atoms with Crippen LogP contribution in [-0.4, -0.2) is 55.4 Å². The van der Waals surface area contributed by atoms with Crippen LogP contribution in [-0.2, 0) is 20.8 Å². The number of hydrogen-bond donors (Lipinski definition) is 1. The second-order valence-electron chi connectivity index (χ2n) is 7.80. The molecule has 3 heterocycles. The van der Waals surface area contributed by atoms with Crippen molar-refractivity contribution in [1.82, 2.24) is 9.47 Å². The molecule has 8 nitrogen and oxygen atoms in total. The van der Waals surface area contributed by atoms with Crippen molar-refractivity contribution in [3.05, 3.63) is 74.0 Å². The molecule has 1 fully saturated rings. The Balaban J connectivity index is 1.83. The fourth-order valence-electron chi connectivity index (χ4n) is 4.26. The highest BCUT2D eigenvalue weighted by atomic mass is 35.5. The first kappa shape index (κ1) is 22.4. The molecule has 32 heavy (non-hydrogen) atoms. The molecule has 2 aliphatic rings. The summed E-state index contributed by atoms with van der Waals surface area (Å²) in [5.41, 5.74) is 7.60. The van der Waals surface area contributed by atoms with Crippen LogP contribution in [0.15, 0.2) is 46.6 Å². The zero-order valence-corrected chi connectivity index (χ0v) is 18.9. The monoisotopic (exact) mass is 459 g/mol. The number of nitrogens with zero attached hydrogens (tertiary/aromatic N) is 2. The number of benzene rings is 1. The maximum Gasteiger partial charge on any atom is 0.340 e. The lowest BCUT2D eigenvalue weighted by Gasteiger charge is -2.30. The van der Waals surface area contributed by atoms with Crippen LogP contribution in [0.25, 0.3) is 0 Å². The standard InChI is InChI=1S/C23H26ClN3O5/c1-14-13-17-19(22(28)27(14)8-7-26-9-11-31-12-10-26)18(15-5-3-4-6-16(15)24)20(21(25)32-17)23(29)30-2/h3-6,13,18H,7-12,25H2,1-2H3/t18-/m1/s1. The van der Waals surface area contributed by atoms with Gasteiger partial charge in [-0.2, -0.15) is 0 Å². The molecule has 2 N–H and O–H groups in total. The quantitative estimate of drug-likeness (QED) is 0.683. The number of methoxy groups -OCH3 is 1. The molecule has 4 rings (SSSR count). The second-order valence-corrected chi connectivity index (χ2v) is 8.21. The van der Waals surface area contributed by atoms with E-state index in [-0.39, 0.29) is 17.0 Å². The Hall–Kier alpha value is -2.81. The molecule has 0 unspecified atom stereocenters. The number of aryl methyl sites for hydroxylation is 1. The van der Waals surface area contributed by atoms with E-state index in [1.807, 2.05) is 6.92 Å². The molecule has 0 radical (unpaired) electrons. The lowest BCUT2D eigenvalue weighted by Crippen LogP contribution is -2.40. The molecule has 0 spiro atoms. The number of ether oxygens (including phenoxy) is 3. The van der Waals surface area contributed by atoms with Crippen LogP contribution in [0.1, 0.15) is 22.7 Å².